The van der Waals surface area contributed by atoms with Gasteiger partial charge >= 0.3 is 17.8 Å². The summed E-state index contributed by atoms with van der Waals surface area (Å²) < 4.78 is 18.4. The molecule has 1 aromatic heterocycles. The van der Waals surface area contributed by atoms with Gasteiger partial charge in [0.25, 0.3) is 5.56 Å². The molecule has 2 heterocycles. The maximum absolute atomic E-state index is 13.4. The van der Waals surface area contributed by atoms with E-state index in [-0.39, 0.29) is 31.1 Å². The Morgan fingerprint density at radius 2 is 1.61 bits per heavy atom. The summed E-state index contributed by atoms with van der Waals surface area (Å²) in [4.78, 5) is 51.6. The first-order valence-corrected chi connectivity index (χ1v) is 18.4. The molecule has 5 atom stereocenters. The number of aryl methyl sites for hydroxylation is 1. The van der Waals surface area contributed by atoms with Gasteiger partial charge in [-0.15, -0.1) is 13.2 Å². The first-order chi connectivity index (χ1) is 21.8. The minimum atomic E-state index is -1.41. The maximum atomic E-state index is 13.4. The van der Waals surface area contributed by atoms with Crippen LogP contribution in [0.25, 0.3) is 11.1 Å². The SMILES string of the molecule is C=P(C)(C)CC[C@H]1O[C@@H](c2cn(C)c(=O)n(CCC(C)C(=O)OC(=O)OCC3c4ccccc4-c4ccccc43)c2=O)[C@H](O)[C@@H]1O. The highest BCUT2D eigenvalue weighted by molar-refractivity contribution is 7.72. The van der Waals surface area contributed by atoms with Gasteiger partial charge in [0.1, 0.15) is 24.9 Å². The molecule has 1 fully saturated rings. The monoisotopic (exact) mass is 652 g/mol. The Balaban J connectivity index is 1.20. The molecule has 1 aliphatic carbocycles. The van der Waals surface area contributed by atoms with E-state index in [1.807, 2.05) is 48.5 Å². The number of hydrogen-bond donors (Lipinski definition) is 2. The van der Waals surface area contributed by atoms with Crippen LogP contribution in [0.3, 0.4) is 0 Å². The molecule has 12 heteroatoms. The van der Waals surface area contributed by atoms with E-state index in [1.165, 1.54) is 24.7 Å². The molecule has 0 radical (unpaired) electrons. The number of hydrogen-bond acceptors (Lipinski definition) is 9. The lowest BCUT2D eigenvalue weighted by molar-refractivity contribution is -0.144. The molecule has 1 unspecified atom stereocenters. The van der Waals surface area contributed by atoms with E-state index < -0.39 is 60.6 Å². The molecule has 2 N–H and O–H groups in total. The fourth-order valence-electron chi connectivity index (χ4n) is 6.11. The van der Waals surface area contributed by atoms with Crippen LogP contribution in [-0.4, -0.2) is 82.2 Å². The predicted molar refractivity (Wildman–Crippen MR) is 176 cm³/mol. The van der Waals surface area contributed by atoms with Gasteiger partial charge in [-0.25, -0.2) is 9.59 Å². The van der Waals surface area contributed by atoms with Crippen molar-refractivity contribution in [2.75, 3.05) is 26.1 Å². The lowest BCUT2D eigenvalue weighted by atomic mass is 9.98. The molecule has 2 aromatic carbocycles. The highest BCUT2D eigenvalue weighted by Crippen LogP contribution is 2.44. The van der Waals surface area contributed by atoms with Gasteiger partial charge in [0.2, 0.25) is 0 Å². The number of fused-ring (bicyclic) bond motifs is 3. The molecule has 3 aromatic rings. The number of nitrogens with zero attached hydrogens (tertiary/aromatic N) is 2. The Hall–Kier alpha value is -3.76. The van der Waals surface area contributed by atoms with Crippen LogP contribution in [0.4, 0.5) is 4.79 Å². The number of ether oxygens (including phenoxy) is 3. The summed E-state index contributed by atoms with van der Waals surface area (Å²) in [7, 11) is 1.46. The molecule has 2 aliphatic rings. The fraction of sp³-hybridized carbons (Fsp3) is 0.441. The van der Waals surface area contributed by atoms with Crippen molar-refractivity contribution in [3.8, 4) is 11.1 Å². The topological polar surface area (TPSA) is 146 Å². The normalized spacial score (nSPS) is 21.4. The van der Waals surface area contributed by atoms with Crippen molar-refractivity contribution < 1.29 is 34.0 Å². The third kappa shape index (κ3) is 6.98. The number of aliphatic hydroxyl groups is 2. The molecule has 246 valence electrons. The van der Waals surface area contributed by atoms with Crippen molar-refractivity contribution in [3.05, 3.63) is 92.3 Å². The van der Waals surface area contributed by atoms with Crippen molar-refractivity contribution in [1.29, 1.82) is 0 Å². The van der Waals surface area contributed by atoms with Crippen molar-refractivity contribution in [2.45, 2.75) is 56.6 Å². The Kier molecular flexibility index (Phi) is 9.89. The minimum absolute atomic E-state index is 0.00790. The standard InChI is InChI=1S/C34H41N2O9P/c1-20(32(40)45-34(42)43-19-26-23-12-8-6-10-21(23)22-11-7-9-13-24(22)26)14-16-36-31(39)25(18-35(2)33(36)41)30-29(38)28(37)27(44-30)15-17-46(3,4)5/h6-13,18,20,26-30,37-38H,3,14-17,19H2,1-2,4-5H3/t20?,27-,28-,29-,30+/m1/s1. The summed E-state index contributed by atoms with van der Waals surface area (Å²) in [5.41, 5.74) is 2.89. The third-order valence-electron chi connectivity index (χ3n) is 8.75. The summed E-state index contributed by atoms with van der Waals surface area (Å²) >= 11 is 0. The quantitative estimate of drug-likeness (QED) is 0.191. The first kappa shape index (κ1) is 33.6. The number of carbonyl (C=O) groups is 2. The van der Waals surface area contributed by atoms with E-state index in [2.05, 4.69) is 19.6 Å². The van der Waals surface area contributed by atoms with Gasteiger partial charge < -0.3 is 29.0 Å². The van der Waals surface area contributed by atoms with Crippen LogP contribution in [-0.2, 0) is 32.6 Å². The van der Waals surface area contributed by atoms with E-state index in [4.69, 9.17) is 14.2 Å². The molecule has 11 nitrogen and oxygen atoms in total. The van der Waals surface area contributed by atoms with E-state index in [1.54, 1.807) is 0 Å². The number of esters is 1. The average Bonchev–Trinajstić information content (AvgIpc) is 3.49. The van der Waals surface area contributed by atoms with E-state index in [9.17, 15) is 29.4 Å². The number of aromatic nitrogens is 2. The smallest absolute Gasteiger partial charge is 0.433 e. The van der Waals surface area contributed by atoms with Crippen molar-refractivity contribution >= 4 is 25.3 Å². The van der Waals surface area contributed by atoms with Crippen LogP contribution in [0.5, 0.6) is 0 Å². The zero-order valence-corrected chi connectivity index (χ0v) is 27.4. The highest BCUT2D eigenvalue weighted by atomic mass is 31.2. The summed E-state index contributed by atoms with van der Waals surface area (Å²) in [6.45, 7) is 4.07. The number of aliphatic hydroxyl groups excluding tert-OH is 2. The molecule has 5 rings (SSSR count). The molecule has 46 heavy (non-hydrogen) atoms. The largest absolute Gasteiger partial charge is 0.516 e. The first-order valence-electron chi connectivity index (χ1n) is 15.3. The Labute approximate surface area is 267 Å². The van der Waals surface area contributed by atoms with Crippen molar-refractivity contribution in [3.63, 3.8) is 0 Å². The molecule has 1 aliphatic heterocycles. The average molecular weight is 653 g/mol. The Morgan fingerprint density at radius 3 is 2.22 bits per heavy atom. The van der Waals surface area contributed by atoms with Gasteiger partial charge in [-0.2, -0.15) is 0 Å². The Morgan fingerprint density at radius 1 is 1.00 bits per heavy atom. The zero-order valence-electron chi connectivity index (χ0n) is 26.5. The van der Waals surface area contributed by atoms with Gasteiger partial charge in [0.15, 0.2) is 0 Å². The predicted octanol–water partition coefficient (Wildman–Crippen LogP) is 3.33. The highest BCUT2D eigenvalue weighted by Gasteiger charge is 2.44. The third-order valence-corrected chi connectivity index (χ3v) is 10.2. The number of carbonyl (C=O) groups excluding carboxylic acids is 2. The second-order valence-electron chi connectivity index (χ2n) is 12.9. The van der Waals surface area contributed by atoms with Crippen LogP contribution in [0.1, 0.15) is 48.5 Å². The molecule has 1 saturated heterocycles. The number of benzene rings is 2. The second-order valence-corrected chi connectivity index (χ2v) is 17.2. The summed E-state index contributed by atoms with van der Waals surface area (Å²) in [6, 6.07) is 15.7. The zero-order chi connectivity index (χ0) is 33.3. The number of rotatable bonds is 10. The van der Waals surface area contributed by atoms with Gasteiger partial charge in [-0.3, -0.25) is 14.2 Å². The molecular weight excluding hydrogens is 611 g/mol. The van der Waals surface area contributed by atoms with E-state index >= 15 is 0 Å². The summed E-state index contributed by atoms with van der Waals surface area (Å²) in [6.07, 6.45) is 1.18. The summed E-state index contributed by atoms with van der Waals surface area (Å²) in [5, 5.41) is 21.4. The van der Waals surface area contributed by atoms with Gasteiger partial charge in [-0.1, -0.05) is 55.5 Å². The molecular formula is C34H41N2O9P. The minimum Gasteiger partial charge on any atom is -0.433 e. The van der Waals surface area contributed by atoms with E-state index in [0.717, 1.165) is 33.0 Å². The van der Waals surface area contributed by atoms with Crippen LogP contribution in [0, 0.1) is 5.92 Å². The Bertz CT molecular complexity index is 1750. The van der Waals surface area contributed by atoms with Crippen LogP contribution >= 0.6 is 6.89 Å². The molecule has 0 saturated carbocycles. The van der Waals surface area contributed by atoms with Crippen LogP contribution in [0.15, 0.2) is 64.3 Å². The summed E-state index contributed by atoms with van der Waals surface area (Å²) in [5.74, 6) is -1.90. The van der Waals surface area contributed by atoms with Crippen molar-refractivity contribution in [1.82, 2.24) is 9.13 Å². The van der Waals surface area contributed by atoms with Gasteiger partial charge in [0, 0.05) is 25.7 Å². The molecule has 0 spiro atoms. The van der Waals surface area contributed by atoms with Gasteiger partial charge in [-0.05, 0) is 54.6 Å². The van der Waals surface area contributed by atoms with Crippen molar-refractivity contribution in [2.24, 2.45) is 13.0 Å². The molecule has 0 amide bonds. The lowest BCUT2D eigenvalue weighted by Crippen LogP contribution is -2.42. The van der Waals surface area contributed by atoms with E-state index in [0.29, 0.717) is 6.42 Å². The van der Waals surface area contributed by atoms with Crippen LogP contribution < -0.4 is 11.2 Å². The fourth-order valence-corrected chi connectivity index (χ4v) is 7.06. The maximum Gasteiger partial charge on any atom is 0.516 e. The van der Waals surface area contributed by atoms with Crippen LogP contribution in [0.2, 0.25) is 0 Å². The second kappa shape index (κ2) is 13.5. The lowest BCUT2D eigenvalue weighted by Gasteiger charge is -2.19. The van der Waals surface area contributed by atoms with Gasteiger partial charge in [0.05, 0.1) is 17.6 Å². The molecule has 0 bridgehead atoms.